The number of benzene rings is 1. The molecule has 9 heteroatoms. The number of ether oxygens (including phenoxy) is 1. The van der Waals surface area contributed by atoms with E-state index >= 15 is 0 Å². The molecule has 2 aliphatic rings. The Kier molecular flexibility index (Phi) is 4.68. The van der Waals surface area contributed by atoms with E-state index in [1.54, 1.807) is 0 Å². The zero-order chi connectivity index (χ0) is 20.9. The normalized spacial score (nSPS) is 23.5. The molecular formula is C21H27N7O2. The van der Waals surface area contributed by atoms with Crippen molar-refractivity contribution in [3.8, 4) is 11.3 Å². The van der Waals surface area contributed by atoms with E-state index in [0.717, 1.165) is 66.3 Å². The van der Waals surface area contributed by atoms with Gasteiger partial charge in [0, 0.05) is 30.1 Å². The zero-order valence-electron chi connectivity index (χ0n) is 17.3. The Morgan fingerprint density at radius 3 is 2.80 bits per heavy atom. The Hall–Kier alpha value is -2.62. The molecule has 30 heavy (non-hydrogen) atoms. The monoisotopic (exact) mass is 409 g/mol. The zero-order valence-corrected chi connectivity index (χ0v) is 17.3. The molecule has 2 aliphatic heterocycles. The molecule has 0 aliphatic carbocycles. The lowest BCUT2D eigenvalue weighted by atomic mass is 9.73. The predicted molar refractivity (Wildman–Crippen MR) is 113 cm³/mol. The summed E-state index contributed by atoms with van der Waals surface area (Å²) < 4.78 is 5.83. The number of aryl methyl sites for hydroxylation is 1. The van der Waals surface area contributed by atoms with Crippen molar-refractivity contribution < 1.29 is 9.84 Å². The number of nitrogens with two attached hydrogens (primary N) is 1. The van der Waals surface area contributed by atoms with Crippen LogP contribution >= 0.6 is 0 Å². The summed E-state index contributed by atoms with van der Waals surface area (Å²) in [7, 11) is 0. The van der Waals surface area contributed by atoms with Crippen LogP contribution in [-0.2, 0) is 11.3 Å². The van der Waals surface area contributed by atoms with Gasteiger partial charge in [0.2, 0.25) is 0 Å². The summed E-state index contributed by atoms with van der Waals surface area (Å²) in [5.74, 6) is 0.762. The highest BCUT2D eigenvalue weighted by molar-refractivity contribution is 5.80. The second-order valence-corrected chi connectivity index (χ2v) is 8.52. The maximum absolute atomic E-state index is 10.0. The Bertz CT molecular complexity index is 1070. The molecule has 0 radical (unpaired) electrons. The highest BCUT2D eigenvalue weighted by Crippen LogP contribution is 2.42. The van der Waals surface area contributed by atoms with Crippen molar-refractivity contribution in [3.63, 3.8) is 0 Å². The third-order valence-corrected chi connectivity index (χ3v) is 6.77. The van der Waals surface area contributed by atoms with Gasteiger partial charge in [-0.1, -0.05) is 11.3 Å². The molecule has 4 heterocycles. The first-order valence-corrected chi connectivity index (χ1v) is 10.4. The van der Waals surface area contributed by atoms with Gasteiger partial charge in [0.15, 0.2) is 5.82 Å². The first-order chi connectivity index (χ1) is 14.5. The van der Waals surface area contributed by atoms with Gasteiger partial charge in [-0.2, -0.15) is 0 Å². The molecule has 1 aromatic carbocycles. The van der Waals surface area contributed by atoms with Crippen molar-refractivity contribution in [2.75, 3.05) is 24.6 Å². The minimum Gasteiger partial charge on any atom is -0.390 e. The van der Waals surface area contributed by atoms with Crippen LogP contribution in [-0.4, -0.2) is 62.3 Å². The first kappa shape index (κ1) is 19.3. The molecule has 2 aromatic heterocycles. The molecule has 3 aromatic rings. The average molecular weight is 409 g/mol. The van der Waals surface area contributed by atoms with Crippen LogP contribution in [0.2, 0.25) is 0 Å². The standard InChI is InChI=1S/C21H27N7O2/c1-12-18(14-3-4-15-16(9-14)26-27-25-15)24-17(10-29)20(23-12)28-7-5-21(6-8-28)11-30-13(2)19(21)22/h3-4,9,13,19,29H,5-8,10-11,22H2,1-2H3,(H,25,26,27)/t13-,19+/m0/s1. The second-order valence-electron chi connectivity index (χ2n) is 8.52. The van der Waals surface area contributed by atoms with Gasteiger partial charge in [0.1, 0.15) is 11.2 Å². The van der Waals surface area contributed by atoms with Gasteiger partial charge >= 0.3 is 0 Å². The van der Waals surface area contributed by atoms with Crippen molar-refractivity contribution in [2.45, 2.75) is 45.4 Å². The number of piperidine rings is 1. The van der Waals surface area contributed by atoms with E-state index in [9.17, 15) is 5.11 Å². The number of nitrogens with one attached hydrogen (secondary N) is 1. The van der Waals surface area contributed by atoms with Crippen LogP contribution in [0.25, 0.3) is 22.3 Å². The summed E-state index contributed by atoms with van der Waals surface area (Å²) >= 11 is 0. The van der Waals surface area contributed by atoms with Crippen molar-refractivity contribution in [1.29, 1.82) is 0 Å². The number of fused-ring (bicyclic) bond motifs is 1. The molecule has 0 amide bonds. The number of aliphatic hydroxyl groups excluding tert-OH is 1. The molecule has 2 atom stereocenters. The number of aliphatic hydroxyl groups is 1. The summed E-state index contributed by atoms with van der Waals surface area (Å²) in [5.41, 5.74) is 11.2. The van der Waals surface area contributed by atoms with Gasteiger partial charge < -0.3 is 20.5 Å². The van der Waals surface area contributed by atoms with Crippen LogP contribution in [0.3, 0.4) is 0 Å². The van der Waals surface area contributed by atoms with Gasteiger partial charge in [-0.3, -0.25) is 5.10 Å². The maximum Gasteiger partial charge on any atom is 0.153 e. The molecular weight excluding hydrogens is 382 g/mol. The highest BCUT2D eigenvalue weighted by atomic mass is 16.5. The summed E-state index contributed by atoms with van der Waals surface area (Å²) in [6.07, 6.45) is 2.01. The van der Waals surface area contributed by atoms with Gasteiger partial charge in [-0.25, -0.2) is 9.97 Å². The number of hydrogen-bond donors (Lipinski definition) is 3. The Morgan fingerprint density at radius 2 is 2.10 bits per heavy atom. The number of H-pyrrole nitrogens is 1. The van der Waals surface area contributed by atoms with Crippen LogP contribution in [0.4, 0.5) is 5.82 Å². The number of aromatic amines is 1. The quantitative estimate of drug-likeness (QED) is 0.595. The summed E-state index contributed by atoms with van der Waals surface area (Å²) in [5, 5.41) is 20.8. The average Bonchev–Trinajstić information content (AvgIpc) is 3.34. The van der Waals surface area contributed by atoms with Gasteiger partial charge in [0.05, 0.1) is 36.2 Å². The minimum absolute atomic E-state index is 0.0469. The highest BCUT2D eigenvalue weighted by Gasteiger charge is 2.47. The van der Waals surface area contributed by atoms with Crippen LogP contribution < -0.4 is 10.6 Å². The molecule has 9 nitrogen and oxygen atoms in total. The van der Waals surface area contributed by atoms with E-state index in [0.29, 0.717) is 5.69 Å². The van der Waals surface area contributed by atoms with Crippen LogP contribution in [0.15, 0.2) is 18.2 Å². The Morgan fingerprint density at radius 1 is 1.30 bits per heavy atom. The topological polar surface area (TPSA) is 126 Å². The van der Waals surface area contributed by atoms with Crippen molar-refractivity contribution in [1.82, 2.24) is 25.4 Å². The molecule has 1 spiro atoms. The first-order valence-electron chi connectivity index (χ1n) is 10.4. The number of hydrogen-bond acceptors (Lipinski definition) is 8. The summed E-state index contributed by atoms with van der Waals surface area (Å²) in [6, 6.07) is 5.88. The molecule has 4 N–H and O–H groups in total. The lowest BCUT2D eigenvalue weighted by Gasteiger charge is -2.42. The predicted octanol–water partition coefficient (Wildman–Crippen LogP) is 1.55. The van der Waals surface area contributed by atoms with Gasteiger partial charge in [-0.15, -0.1) is 5.10 Å². The summed E-state index contributed by atoms with van der Waals surface area (Å²) in [6.45, 7) is 6.23. The third kappa shape index (κ3) is 3.05. The Balaban J connectivity index is 1.43. The van der Waals surface area contributed by atoms with Gasteiger partial charge in [-0.05, 0) is 38.8 Å². The van der Waals surface area contributed by atoms with Crippen molar-refractivity contribution in [3.05, 3.63) is 29.6 Å². The van der Waals surface area contributed by atoms with E-state index < -0.39 is 0 Å². The molecule has 0 unspecified atom stereocenters. The van der Waals surface area contributed by atoms with Crippen LogP contribution in [0.1, 0.15) is 31.2 Å². The third-order valence-electron chi connectivity index (χ3n) is 6.77. The minimum atomic E-state index is -0.162. The van der Waals surface area contributed by atoms with Crippen LogP contribution in [0, 0.1) is 12.3 Å². The van der Waals surface area contributed by atoms with E-state index in [2.05, 4.69) is 27.2 Å². The van der Waals surface area contributed by atoms with E-state index in [1.165, 1.54) is 0 Å². The second kappa shape index (κ2) is 7.26. The molecule has 5 rings (SSSR count). The fourth-order valence-corrected chi connectivity index (χ4v) is 4.80. The lowest BCUT2D eigenvalue weighted by Crippen LogP contribution is -2.51. The smallest absolute Gasteiger partial charge is 0.153 e. The number of anilines is 1. The number of nitrogens with zero attached hydrogens (tertiary/aromatic N) is 5. The van der Waals surface area contributed by atoms with Crippen molar-refractivity contribution >= 4 is 16.9 Å². The molecule has 2 saturated heterocycles. The number of aromatic nitrogens is 5. The fraction of sp³-hybridized carbons (Fsp3) is 0.524. The molecule has 0 bridgehead atoms. The van der Waals surface area contributed by atoms with Crippen molar-refractivity contribution in [2.24, 2.45) is 11.1 Å². The van der Waals surface area contributed by atoms with Crippen LogP contribution in [0.5, 0.6) is 0 Å². The largest absolute Gasteiger partial charge is 0.390 e. The SMILES string of the molecule is Cc1nc(N2CCC3(CC2)CO[C@@H](C)[C@H]3N)c(CO)nc1-c1ccc2nn[nH]c2c1. The molecule has 158 valence electrons. The van der Waals surface area contributed by atoms with E-state index in [4.69, 9.17) is 20.4 Å². The summed E-state index contributed by atoms with van der Waals surface area (Å²) in [4.78, 5) is 11.9. The van der Waals surface area contributed by atoms with E-state index in [-0.39, 0.29) is 24.2 Å². The molecule has 2 fully saturated rings. The fourth-order valence-electron chi connectivity index (χ4n) is 4.80. The van der Waals surface area contributed by atoms with E-state index in [1.807, 2.05) is 25.1 Å². The number of rotatable bonds is 3. The maximum atomic E-state index is 10.0. The Labute approximate surface area is 174 Å². The lowest BCUT2D eigenvalue weighted by molar-refractivity contribution is 0.0973. The van der Waals surface area contributed by atoms with Gasteiger partial charge in [0.25, 0.3) is 0 Å². The molecule has 0 saturated carbocycles.